The third-order valence-electron chi connectivity index (χ3n) is 3.19. The van der Waals surface area contributed by atoms with Crippen molar-refractivity contribution < 1.29 is 12.8 Å². The molecule has 0 atom stereocenters. The second-order valence-electron chi connectivity index (χ2n) is 4.64. The molecule has 0 N–H and O–H groups in total. The normalized spacial score (nSPS) is 19.3. The molecule has 0 unspecified atom stereocenters. The van der Waals surface area contributed by atoms with Gasteiger partial charge in [0.2, 0.25) is 10.0 Å². The molecule has 0 aromatic heterocycles. The maximum Gasteiger partial charge on any atom is 0.246 e. The van der Waals surface area contributed by atoms with E-state index in [-0.39, 0.29) is 4.90 Å². The first kappa shape index (κ1) is 14.9. The highest BCUT2D eigenvalue weighted by Crippen LogP contribution is 2.23. The number of hydrogen-bond donors (Lipinski definition) is 0. The Kier molecular flexibility index (Phi) is 4.60. The summed E-state index contributed by atoms with van der Waals surface area (Å²) in [4.78, 5) is 1.83. The van der Waals surface area contributed by atoms with Crippen LogP contribution in [0.5, 0.6) is 0 Å². The van der Waals surface area contributed by atoms with Gasteiger partial charge in [0, 0.05) is 24.1 Å². The largest absolute Gasteiger partial charge is 0.305 e. The summed E-state index contributed by atoms with van der Waals surface area (Å²) >= 11 is 3.12. The number of benzene rings is 1. The Hall–Kier alpha value is -0.500. The Balaban J connectivity index is 2.31. The summed E-state index contributed by atoms with van der Waals surface area (Å²) in [5, 5.41) is 0. The zero-order valence-corrected chi connectivity index (χ0v) is 13.0. The molecule has 1 aliphatic rings. The van der Waals surface area contributed by atoms with E-state index in [0.29, 0.717) is 24.1 Å². The van der Waals surface area contributed by atoms with E-state index in [2.05, 4.69) is 20.8 Å². The molecule has 1 aromatic carbocycles. The van der Waals surface area contributed by atoms with Crippen molar-refractivity contribution in [1.82, 2.24) is 9.21 Å². The van der Waals surface area contributed by atoms with Gasteiger partial charge in [0.05, 0.1) is 0 Å². The maximum absolute atomic E-state index is 13.8. The van der Waals surface area contributed by atoms with Crippen LogP contribution in [-0.4, -0.2) is 50.8 Å². The van der Waals surface area contributed by atoms with Gasteiger partial charge in [-0.1, -0.05) is 15.9 Å². The van der Waals surface area contributed by atoms with Gasteiger partial charge in [-0.25, -0.2) is 12.8 Å². The lowest BCUT2D eigenvalue weighted by molar-refractivity contribution is 0.347. The highest BCUT2D eigenvalue weighted by atomic mass is 79.9. The van der Waals surface area contributed by atoms with Crippen LogP contribution < -0.4 is 0 Å². The van der Waals surface area contributed by atoms with Crippen LogP contribution >= 0.6 is 15.9 Å². The molecular formula is C12H16BrFN2O2S. The van der Waals surface area contributed by atoms with Gasteiger partial charge in [-0.15, -0.1) is 0 Å². The molecule has 0 saturated carbocycles. The molecule has 7 heteroatoms. The van der Waals surface area contributed by atoms with Crippen LogP contribution in [0, 0.1) is 5.82 Å². The fraction of sp³-hybridized carbons (Fsp3) is 0.500. The van der Waals surface area contributed by atoms with E-state index in [1.165, 1.54) is 16.4 Å². The molecule has 1 heterocycles. The first-order valence-corrected chi connectivity index (χ1v) is 8.28. The lowest BCUT2D eigenvalue weighted by Gasteiger charge is -2.20. The van der Waals surface area contributed by atoms with Gasteiger partial charge in [0.1, 0.15) is 10.7 Å². The average Bonchev–Trinajstić information content (AvgIpc) is 2.53. The van der Waals surface area contributed by atoms with Crippen LogP contribution in [0.1, 0.15) is 6.42 Å². The smallest absolute Gasteiger partial charge is 0.246 e. The van der Waals surface area contributed by atoms with Crippen LogP contribution in [-0.2, 0) is 10.0 Å². The third kappa shape index (κ3) is 3.34. The van der Waals surface area contributed by atoms with E-state index < -0.39 is 15.8 Å². The molecule has 19 heavy (non-hydrogen) atoms. The predicted molar refractivity (Wildman–Crippen MR) is 75.0 cm³/mol. The molecule has 0 radical (unpaired) electrons. The lowest BCUT2D eigenvalue weighted by atomic mass is 10.3. The Morgan fingerprint density at radius 3 is 2.63 bits per heavy atom. The number of rotatable bonds is 2. The van der Waals surface area contributed by atoms with Crippen molar-refractivity contribution in [2.75, 3.05) is 33.2 Å². The molecule has 4 nitrogen and oxygen atoms in total. The fourth-order valence-electron chi connectivity index (χ4n) is 2.09. The van der Waals surface area contributed by atoms with Crippen molar-refractivity contribution in [2.24, 2.45) is 0 Å². The molecule has 1 fully saturated rings. The summed E-state index contributed by atoms with van der Waals surface area (Å²) in [6, 6.07) is 4.03. The topological polar surface area (TPSA) is 40.6 Å². The van der Waals surface area contributed by atoms with E-state index >= 15 is 0 Å². The van der Waals surface area contributed by atoms with E-state index in [4.69, 9.17) is 0 Å². The Bertz CT molecular complexity index is 565. The minimum atomic E-state index is -3.75. The van der Waals surface area contributed by atoms with Crippen molar-refractivity contribution in [1.29, 1.82) is 0 Å². The highest BCUT2D eigenvalue weighted by Gasteiger charge is 2.28. The van der Waals surface area contributed by atoms with E-state index in [0.717, 1.165) is 13.0 Å². The van der Waals surface area contributed by atoms with Crippen LogP contribution in [0.25, 0.3) is 0 Å². The van der Waals surface area contributed by atoms with Gasteiger partial charge in [-0.3, -0.25) is 0 Å². The summed E-state index contributed by atoms with van der Waals surface area (Å²) in [5.41, 5.74) is 0. The van der Waals surface area contributed by atoms with E-state index in [9.17, 15) is 12.8 Å². The minimum Gasteiger partial charge on any atom is -0.305 e. The molecule has 0 amide bonds. The van der Waals surface area contributed by atoms with Crippen molar-refractivity contribution in [3.63, 3.8) is 0 Å². The van der Waals surface area contributed by atoms with Crippen LogP contribution in [0.4, 0.5) is 4.39 Å². The summed E-state index contributed by atoms with van der Waals surface area (Å²) in [7, 11) is -1.79. The van der Waals surface area contributed by atoms with Crippen molar-refractivity contribution >= 4 is 26.0 Å². The molecule has 0 spiro atoms. The molecule has 1 aliphatic heterocycles. The van der Waals surface area contributed by atoms with Gasteiger partial charge < -0.3 is 4.90 Å². The standard InChI is InChI=1S/C12H16BrFN2O2S/c1-15-5-2-6-16(8-7-15)19(17,18)12-4-3-10(13)9-11(12)14/h3-4,9H,2,5-8H2,1H3. The summed E-state index contributed by atoms with van der Waals surface area (Å²) in [6.07, 6.45) is 0.758. The van der Waals surface area contributed by atoms with Crippen LogP contribution in [0.2, 0.25) is 0 Å². The lowest BCUT2D eigenvalue weighted by Crippen LogP contribution is -2.35. The number of sulfonamides is 1. The quantitative estimate of drug-likeness (QED) is 0.817. The van der Waals surface area contributed by atoms with Gasteiger partial charge >= 0.3 is 0 Å². The number of likely N-dealkylation sites (N-methyl/N-ethyl adjacent to an activating group) is 1. The van der Waals surface area contributed by atoms with Crippen molar-refractivity contribution in [3.8, 4) is 0 Å². The highest BCUT2D eigenvalue weighted by molar-refractivity contribution is 9.10. The van der Waals surface area contributed by atoms with Gasteiger partial charge in [0.25, 0.3) is 0 Å². The summed E-state index contributed by atoms with van der Waals surface area (Å²) < 4.78 is 40.6. The zero-order valence-electron chi connectivity index (χ0n) is 10.6. The minimum absolute atomic E-state index is 0.250. The monoisotopic (exact) mass is 350 g/mol. The van der Waals surface area contributed by atoms with Gasteiger partial charge in [-0.2, -0.15) is 4.31 Å². The van der Waals surface area contributed by atoms with Crippen LogP contribution in [0.3, 0.4) is 0 Å². The second kappa shape index (κ2) is 5.87. The number of halogens is 2. The van der Waals surface area contributed by atoms with Gasteiger partial charge in [0.15, 0.2) is 0 Å². The maximum atomic E-state index is 13.8. The second-order valence-corrected chi connectivity index (χ2v) is 7.46. The first-order chi connectivity index (χ1) is 8.91. The Morgan fingerprint density at radius 1 is 1.21 bits per heavy atom. The zero-order chi connectivity index (χ0) is 14.0. The summed E-state index contributed by atoms with van der Waals surface area (Å²) in [5.74, 6) is -0.716. The van der Waals surface area contributed by atoms with Crippen molar-refractivity contribution in [3.05, 3.63) is 28.5 Å². The third-order valence-corrected chi connectivity index (χ3v) is 5.62. The molecular weight excluding hydrogens is 335 g/mol. The first-order valence-electron chi connectivity index (χ1n) is 6.05. The summed E-state index contributed by atoms with van der Waals surface area (Å²) in [6.45, 7) is 2.35. The van der Waals surface area contributed by atoms with E-state index in [1.54, 1.807) is 6.07 Å². The van der Waals surface area contributed by atoms with Gasteiger partial charge in [-0.05, 0) is 38.2 Å². The van der Waals surface area contributed by atoms with E-state index in [1.807, 2.05) is 7.05 Å². The molecule has 2 rings (SSSR count). The molecule has 1 aromatic rings. The number of nitrogens with zero attached hydrogens (tertiary/aromatic N) is 2. The van der Waals surface area contributed by atoms with Crippen molar-refractivity contribution in [2.45, 2.75) is 11.3 Å². The molecule has 106 valence electrons. The Labute approximate surface area is 121 Å². The molecule has 0 aliphatic carbocycles. The molecule has 0 bridgehead atoms. The SMILES string of the molecule is CN1CCCN(S(=O)(=O)c2ccc(Br)cc2F)CC1. The van der Waals surface area contributed by atoms with Crippen LogP contribution in [0.15, 0.2) is 27.6 Å². The fourth-order valence-corrected chi connectivity index (χ4v) is 3.93. The predicted octanol–water partition coefficient (Wildman–Crippen LogP) is 1.91. The number of hydrogen-bond acceptors (Lipinski definition) is 3. The Morgan fingerprint density at radius 2 is 1.95 bits per heavy atom. The molecule has 1 saturated heterocycles. The average molecular weight is 351 g/mol.